The molecule has 0 atom stereocenters. The average Bonchev–Trinajstić information content (AvgIpc) is 2.28. The second-order valence-electron chi connectivity index (χ2n) is 2.13. The van der Waals surface area contributed by atoms with Crippen molar-refractivity contribution in [2.75, 3.05) is 0 Å². The second-order valence-corrected chi connectivity index (χ2v) is 2.13. The molecule has 17 heteroatoms. The Labute approximate surface area is 145 Å². The van der Waals surface area contributed by atoms with Crippen LogP contribution in [-0.2, 0) is 22.4 Å². The molecule has 130 valence electrons. The van der Waals surface area contributed by atoms with Crippen LogP contribution in [0.25, 0.3) is 0 Å². The summed E-state index contributed by atoms with van der Waals surface area (Å²) in [5, 5.41) is 37.7. The van der Waals surface area contributed by atoms with E-state index in [0.717, 1.165) is 0 Å². The number of hydrogen-bond donors (Lipinski definition) is 6. The first-order valence-corrected chi connectivity index (χ1v) is 4.29. The van der Waals surface area contributed by atoms with E-state index in [4.69, 9.17) is 65.5 Å². The maximum Gasteiger partial charge on any atom is 1.00 e. The first-order valence-electron chi connectivity index (χ1n) is 4.29. The number of rotatable bonds is 0. The van der Waals surface area contributed by atoms with Gasteiger partial charge in [-0.25, -0.2) is 0 Å². The van der Waals surface area contributed by atoms with Crippen LogP contribution in [0.4, 0.5) is 0 Å². The zero-order valence-electron chi connectivity index (χ0n) is 11.1. The summed E-state index contributed by atoms with van der Waals surface area (Å²) in [6, 6.07) is 0. The molecule has 0 saturated heterocycles. The second kappa shape index (κ2) is 26.7. The maximum absolute atomic E-state index is 8.25. The zero-order chi connectivity index (χ0) is 18.6. The van der Waals surface area contributed by atoms with Crippen LogP contribution in [0.1, 0.15) is 0 Å². The van der Waals surface area contributed by atoms with Crippen molar-refractivity contribution in [2.45, 2.75) is 0 Å². The molecule has 0 aliphatic rings. The predicted octanol–water partition coefficient (Wildman–Crippen LogP) is -4.02. The van der Waals surface area contributed by atoms with Crippen LogP contribution in [0, 0.1) is 49.7 Å². The minimum atomic E-state index is -1.75. The normalized spacial score (nSPS) is 5.61. The molecule has 0 amide bonds. The Morgan fingerprint density at radius 3 is 0.870 bits per heavy atom. The fraction of sp³-hybridized carbons (Fsp3) is 0. The molecule has 0 saturated carbocycles. The fourth-order valence-corrected chi connectivity index (χ4v) is 0.173. The van der Waals surface area contributed by atoms with Gasteiger partial charge in [-0.1, -0.05) is 0 Å². The van der Waals surface area contributed by atoms with Crippen LogP contribution >= 0.6 is 0 Å². The van der Waals surface area contributed by atoms with Crippen molar-refractivity contribution in [2.24, 2.45) is 49.4 Å². The van der Waals surface area contributed by atoms with Gasteiger partial charge >= 0.3 is 22.4 Å². The topological polar surface area (TPSA) is 331 Å². The minimum Gasteiger partial charge on any atom is -0.369 e. The Bertz CT molecular complexity index is 439. The Balaban J connectivity index is -0.0000000624. The van der Waals surface area contributed by atoms with Crippen molar-refractivity contribution in [1.29, 1.82) is 15.8 Å². The summed E-state index contributed by atoms with van der Waals surface area (Å²) < 4.78 is 0. The summed E-state index contributed by atoms with van der Waals surface area (Å²) in [7, 11) is 0. The number of nitriles is 3. The predicted molar refractivity (Wildman–Crippen MR) is 74.6 cm³/mol. The van der Waals surface area contributed by atoms with Crippen LogP contribution in [0.3, 0.4) is 0 Å². The minimum absolute atomic E-state index is 0. The molecule has 0 aromatic rings. The Hall–Kier alpha value is -3.78. The first kappa shape index (κ1) is 31.6. The molecule has 0 rings (SSSR count). The third-order valence-corrected chi connectivity index (χ3v) is 0.537. The van der Waals surface area contributed by atoms with E-state index in [0.29, 0.717) is 0 Å². The van der Waals surface area contributed by atoms with E-state index in [1.54, 1.807) is 0 Å². The number of nitrogens with zero attached hydrogens (tertiary/aromatic N) is 7. The molecule has 0 bridgehead atoms. The smallest absolute Gasteiger partial charge is 0.369 e. The van der Waals surface area contributed by atoms with Gasteiger partial charge in [0, 0.05) is 0 Å². The third kappa shape index (κ3) is 176. The van der Waals surface area contributed by atoms with Gasteiger partial charge in [0.25, 0.3) is 0 Å². The van der Waals surface area contributed by atoms with E-state index in [1.165, 1.54) is 18.6 Å². The molecular formula is C6H12AgN13O3. The van der Waals surface area contributed by atoms with Crippen LogP contribution in [0.2, 0.25) is 0 Å². The molecular weight excluding hydrogens is 410 g/mol. The first-order chi connectivity index (χ1) is 10.0. The Kier molecular flexibility index (Phi) is 36.7. The molecule has 0 aliphatic carbocycles. The number of aliphatic imine (C=N–C) groups is 3. The van der Waals surface area contributed by atoms with E-state index < -0.39 is 5.09 Å². The largest absolute Gasteiger partial charge is 1.00 e. The van der Waals surface area contributed by atoms with Crippen molar-refractivity contribution >= 4 is 17.9 Å². The molecule has 0 unspecified atom stereocenters. The fourth-order valence-electron chi connectivity index (χ4n) is 0.173. The number of guanidine groups is 3. The summed E-state index contributed by atoms with van der Waals surface area (Å²) in [5.74, 6) is -0.590. The molecule has 0 radical (unpaired) electrons. The van der Waals surface area contributed by atoms with Gasteiger partial charge in [0.2, 0.25) is 36.5 Å². The van der Waals surface area contributed by atoms with Gasteiger partial charge in [0.15, 0.2) is 0 Å². The van der Waals surface area contributed by atoms with Gasteiger partial charge in [-0.05, 0) is 0 Å². The van der Waals surface area contributed by atoms with Crippen LogP contribution < -0.4 is 34.4 Å². The van der Waals surface area contributed by atoms with Crippen LogP contribution in [0.15, 0.2) is 15.0 Å². The summed E-state index contributed by atoms with van der Waals surface area (Å²) in [6.45, 7) is 0. The van der Waals surface area contributed by atoms with E-state index >= 15 is 0 Å². The average molecular weight is 422 g/mol. The molecule has 12 N–H and O–H groups in total. The van der Waals surface area contributed by atoms with Gasteiger partial charge < -0.3 is 49.7 Å². The molecule has 0 aromatic carbocycles. The molecule has 0 heterocycles. The van der Waals surface area contributed by atoms with E-state index in [9.17, 15) is 0 Å². The standard InChI is InChI=1S/3C2H4N4.Ag.NO3/c3*3-1-6-2(4)5;;2-1(3)4/h3*(H4,4,5,6);;/q;;;+1;-1. The SMILES string of the molecule is N#CN=C(N)N.N#CN=C(N)N.N#CN=C(N)N.O=[N+]([O-])[O-].[Ag+]. The molecule has 0 spiro atoms. The van der Waals surface area contributed by atoms with Gasteiger partial charge in [-0.3, -0.25) is 0 Å². The quantitative estimate of drug-likeness (QED) is 0.0542. The van der Waals surface area contributed by atoms with Crippen molar-refractivity contribution in [3.05, 3.63) is 15.3 Å². The summed E-state index contributed by atoms with van der Waals surface area (Å²) in [6.07, 6.45) is 4.22. The van der Waals surface area contributed by atoms with Gasteiger partial charge in [0.05, 0.1) is 5.09 Å². The van der Waals surface area contributed by atoms with Gasteiger partial charge in [-0.2, -0.15) is 15.8 Å². The molecule has 0 aromatic heterocycles. The Morgan fingerprint density at radius 1 is 0.739 bits per heavy atom. The molecule has 0 fully saturated rings. The van der Waals surface area contributed by atoms with Crippen molar-refractivity contribution in [3.8, 4) is 18.6 Å². The van der Waals surface area contributed by atoms with E-state index in [1.807, 2.05) is 0 Å². The monoisotopic (exact) mass is 421 g/mol. The van der Waals surface area contributed by atoms with E-state index in [2.05, 4.69) is 15.0 Å². The van der Waals surface area contributed by atoms with Crippen molar-refractivity contribution in [1.82, 2.24) is 0 Å². The maximum atomic E-state index is 8.25. The molecule has 16 nitrogen and oxygen atoms in total. The number of hydrogen-bond acceptors (Lipinski definition) is 9. The van der Waals surface area contributed by atoms with Crippen molar-refractivity contribution in [3.63, 3.8) is 0 Å². The van der Waals surface area contributed by atoms with Gasteiger partial charge in [-0.15, -0.1) is 15.0 Å². The summed E-state index contributed by atoms with van der Waals surface area (Å²) in [4.78, 5) is 17.0. The van der Waals surface area contributed by atoms with Crippen molar-refractivity contribution < 1.29 is 27.5 Å². The van der Waals surface area contributed by atoms with Gasteiger partial charge in [0.1, 0.15) is 0 Å². The van der Waals surface area contributed by atoms with E-state index in [-0.39, 0.29) is 40.3 Å². The zero-order valence-corrected chi connectivity index (χ0v) is 12.6. The van der Waals surface area contributed by atoms with Crippen LogP contribution in [-0.4, -0.2) is 23.0 Å². The summed E-state index contributed by atoms with van der Waals surface area (Å²) >= 11 is 0. The van der Waals surface area contributed by atoms with Crippen LogP contribution in [0.5, 0.6) is 0 Å². The molecule has 23 heavy (non-hydrogen) atoms. The number of nitrogens with two attached hydrogens (primary N) is 6. The molecule has 0 aliphatic heterocycles. The summed E-state index contributed by atoms with van der Waals surface area (Å²) in [5.41, 5.74) is 28.2. The third-order valence-electron chi connectivity index (χ3n) is 0.537. The Morgan fingerprint density at radius 2 is 0.870 bits per heavy atom.